The standard InChI is InChI=1S/C32H49N5O7/c1-18(2)26(28(40)19(3)4)34-31(43)27(20(5)38)35-29(41)23(17-21-11-13-22(39)14-12-21)33-30(42)24-9-8-16-37(24)32(44)25-10-7-15-36(25)6/h11-14,18-20,23-27,38-39H,7-10,15-17H2,1-6H3,(H,33,42)(H,34,43)(H,35,41)/t20-,23+,24+,25+,26+,27?/m1/s1. The van der Waals surface area contributed by atoms with Gasteiger partial charge in [0.05, 0.1) is 18.2 Å². The number of aliphatic hydroxyl groups excluding tert-OH is 1. The van der Waals surface area contributed by atoms with Crippen molar-refractivity contribution >= 4 is 29.4 Å². The van der Waals surface area contributed by atoms with Gasteiger partial charge in [0.1, 0.15) is 23.9 Å². The number of hydrogen-bond acceptors (Lipinski definition) is 8. The van der Waals surface area contributed by atoms with Gasteiger partial charge in [-0.25, -0.2) is 0 Å². The highest BCUT2D eigenvalue weighted by molar-refractivity contribution is 5.97. The highest BCUT2D eigenvalue weighted by atomic mass is 16.3. The summed E-state index contributed by atoms with van der Waals surface area (Å²) in [5.41, 5.74) is 0.635. The molecular weight excluding hydrogens is 566 g/mol. The van der Waals surface area contributed by atoms with Gasteiger partial charge in [-0.05, 0) is 69.8 Å². The second-order valence-electron chi connectivity index (χ2n) is 12.8. The molecule has 0 spiro atoms. The number of aliphatic hydroxyl groups is 1. The smallest absolute Gasteiger partial charge is 0.245 e. The first-order valence-electron chi connectivity index (χ1n) is 15.6. The summed E-state index contributed by atoms with van der Waals surface area (Å²) in [4.78, 5) is 70.3. The number of ketones is 1. The monoisotopic (exact) mass is 615 g/mol. The average Bonchev–Trinajstić information content (AvgIpc) is 3.63. The number of rotatable bonds is 13. The van der Waals surface area contributed by atoms with E-state index in [0.717, 1.165) is 19.4 Å². The first-order chi connectivity index (χ1) is 20.7. The predicted octanol–water partition coefficient (Wildman–Crippen LogP) is 0.736. The lowest BCUT2D eigenvalue weighted by Crippen LogP contribution is -2.61. The molecule has 0 aliphatic carbocycles. The summed E-state index contributed by atoms with van der Waals surface area (Å²) in [6, 6.07) is 1.78. The van der Waals surface area contributed by atoms with E-state index in [1.165, 1.54) is 19.1 Å². The summed E-state index contributed by atoms with van der Waals surface area (Å²) in [6.45, 7) is 9.69. The zero-order valence-corrected chi connectivity index (χ0v) is 26.7. The van der Waals surface area contributed by atoms with Crippen molar-refractivity contribution in [2.75, 3.05) is 20.1 Å². The summed E-state index contributed by atoms with van der Waals surface area (Å²) in [5.74, 6) is -2.68. The third-order valence-corrected chi connectivity index (χ3v) is 8.56. The molecular formula is C32H49N5O7. The van der Waals surface area contributed by atoms with Crippen LogP contribution in [0, 0.1) is 11.8 Å². The first-order valence-corrected chi connectivity index (χ1v) is 15.6. The molecule has 3 rings (SSSR count). The van der Waals surface area contributed by atoms with E-state index in [0.29, 0.717) is 24.9 Å². The van der Waals surface area contributed by atoms with Gasteiger partial charge in [-0.2, -0.15) is 0 Å². The summed E-state index contributed by atoms with van der Waals surface area (Å²) < 4.78 is 0. The summed E-state index contributed by atoms with van der Waals surface area (Å²) >= 11 is 0. The quantitative estimate of drug-likeness (QED) is 0.217. The summed E-state index contributed by atoms with van der Waals surface area (Å²) in [7, 11) is 1.90. The van der Waals surface area contributed by atoms with E-state index in [4.69, 9.17) is 0 Å². The van der Waals surface area contributed by atoms with E-state index in [9.17, 15) is 34.2 Å². The number of phenols is 1. The van der Waals surface area contributed by atoms with Crippen molar-refractivity contribution in [3.63, 3.8) is 0 Å². The number of hydrogen-bond donors (Lipinski definition) is 5. The molecule has 12 nitrogen and oxygen atoms in total. The van der Waals surface area contributed by atoms with Crippen LogP contribution in [0.25, 0.3) is 0 Å². The Balaban J connectivity index is 1.80. The second kappa shape index (κ2) is 15.5. The van der Waals surface area contributed by atoms with Crippen LogP contribution in [0.15, 0.2) is 24.3 Å². The van der Waals surface area contributed by atoms with Gasteiger partial charge in [-0.15, -0.1) is 0 Å². The normalized spacial score (nSPS) is 21.5. The molecule has 0 aromatic heterocycles. The average molecular weight is 616 g/mol. The van der Waals surface area contributed by atoms with Crippen molar-refractivity contribution in [3.8, 4) is 5.75 Å². The number of likely N-dealkylation sites (tertiary alicyclic amines) is 2. The van der Waals surface area contributed by atoms with Crippen LogP contribution in [-0.2, 0) is 30.4 Å². The van der Waals surface area contributed by atoms with Crippen LogP contribution in [0.5, 0.6) is 5.75 Å². The molecule has 12 heteroatoms. The first kappa shape index (κ1) is 35.0. The number of carbonyl (C=O) groups is 5. The van der Waals surface area contributed by atoms with Crippen LogP contribution in [-0.4, -0.2) is 106 Å². The van der Waals surface area contributed by atoms with Crippen molar-refractivity contribution in [1.29, 1.82) is 0 Å². The van der Waals surface area contributed by atoms with E-state index >= 15 is 0 Å². The number of carbonyl (C=O) groups excluding carboxylic acids is 5. The third kappa shape index (κ3) is 8.78. The number of phenolic OH excluding ortho intramolecular Hbond substituents is 1. The van der Waals surface area contributed by atoms with Crippen LogP contribution in [0.2, 0.25) is 0 Å². The maximum atomic E-state index is 13.7. The molecule has 2 heterocycles. The fourth-order valence-electron chi connectivity index (χ4n) is 5.89. The number of benzene rings is 1. The Morgan fingerprint density at radius 2 is 1.43 bits per heavy atom. The molecule has 0 bridgehead atoms. The minimum absolute atomic E-state index is 0.0263. The van der Waals surface area contributed by atoms with Gasteiger partial charge in [0.2, 0.25) is 23.6 Å². The summed E-state index contributed by atoms with van der Waals surface area (Å²) in [5, 5.41) is 28.3. The van der Waals surface area contributed by atoms with Gasteiger partial charge < -0.3 is 31.1 Å². The Labute approximate surface area is 259 Å². The van der Waals surface area contributed by atoms with E-state index in [1.54, 1.807) is 44.7 Å². The Kier molecular flexibility index (Phi) is 12.3. The molecule has 1 aromatic carbocycles. The lowest BCUT2D eigenvalue weighted by molar-refractivity contribution is -0.142. The number of aromatic hydroxyl groups is 1. The molecule has 244 valence electrons. The van der Waals surface area contributed by atoms with Crippen LogP contribution in [0.1, 0.15) is 65.9 Å². The molecule has 2 saturated heterocycles. The highest BCUT2D eigenvalue weighted by Crippen LogP contribution is 2.24. The zero-order chi connectivity index (χ0) is 32.7. The molecule has 4 amide bonds. The van der Waals surface area contributed by atoms with Gasteiger partial charge in [0.25, 0.3) is 0 Å². The third-order valence-electron chi connectivity index (χ3n) is 8.56. The maximum Gasteiger partial charge on any atom is 0.245 e. The van der Waals surface area contributed by atoms with Crippen LogP contribution in [0.4, 0.5) is 0 Å². The molecule has 0 saturated carbocycles. The van der Waals surface area contributed by atoms with Crippen molar-refractivity contribution < 1.29 is 34.2 Å². The maximum absolute atomic E-state index is 13.7. The van der Waals surface area contributed by atoms with Gasteiger partial charge in [-0.1, -0.05) is 39.8 Å². The molecule has 44 heavy (non-hydrogen) atoms. The largest absolute Gasteiger partial charge is 0.508 e. The Bertz CT molecular complexity index is 1190. The van der Waals surface area contributed by atoms with Gasteiger partial charge in [-0.3, -0.25) is 28.9 Å². The number of nitrogens with one attached hydrogen (secondary N) is 3. The minimum atomic E-state index is -1.40. The van der Waals surface area contributed by atoms with Crippen molar-refractivity contribution in [2.24, 2.45) is 11.8 Å². The SMILES string of the molecule is CC(C)C(=O)[C@@H](NC(=O)C(NC(=O)[C@H](Cc1ccc(O)cc1)NC(=O)[C@@H]1CCCN1C(=O)[C@@H]1CCCN1C)[C@@H](C)O)C(C)C. The zero-order valence-electron chi connectivity index (χ0n) is 26.7. The number of Topliss-reactive ketones (excluding diaryl/α,β-unsaturated/α-hetero) is 1. The van der Waals surface area contributed by atoms with E-state index in [1.807, 2.05) is 11.9 Å². The Hall–Kier alpha value is -3.51. The highest BCUT2D eigenvalue weighted by Gasteiger charge is 2.41. The number of likely N-dealkylation sites (N-methyl/N-ethyl adjacent to an activating group) is 1. The van der Waals surface area contributed by atoms with Crippen LogP contribution >= 0.6 is 0 Å². The molecule has 2 fully saturated rings. The Morgan fingerprint density at radius 3 is 1.98 bits per heavy atom. The molecule has 2 aliphatic heterocycles. The molecule has 5 N–H and O–H groups in total. The van der Waals surface area contributed by atoms with E-state index < -0.39 is 48.0 Å². The number of amides is 4. The lowest BCUT2D eigenvalue weighted by atomic mass is 9.92. The van der Waals surface area contributed by atoms with E-state index in [2.05, 4.69) is 16.0 Å². The molecule has 0 radical (unpaired) electrons. The summed E-state index contributed by atoms with van der Waals surface area (Å²) in [6.07, 6.45) is 1.48. The Morgan fingerprint density at radius 1 is 0.841 bits per heavy atom. The predicted molar refractivity (Wildman–Crippen MR) is 164 cm³/mol. The molecule has 1 unspecified atom stereocenters. The second-order valence-corrected chi connectivity index (χ2v) is 12.8. The van der Waals surface area contributed by atoms with Crippen molar-refractivity contribution in [3.05, 3.63) is 29.8 Å². The minimum Gasteiger partial charge on any atom is -0.508 e. The molecule has 1 aromatic rings. The van der Waals surface area contributed by atoms with Crippen molar-refractivity contribution in [1.82, 2.24) is 25.8 Å². The topological polar surface area (TPSA) is 168 Å². The van der Waals surface area contributed by atoms with Gasteiger partial charge >= 0.3 is 0 Å². The van der Waals surface area contributed by atoms with Gasteiger partial charge in [0, 0.05) is 18.9 Å². The molecule has 6 atom stereocenters. The van der Waals surface area contributed by atoms with E-state index in [-0.39, 0.29) is 41.7 Å². The fraction of sp³-hybridized carbons (Fsp3) is 0.656. The number of nitrogens with zero attached hydrogens (tertiary/aromatic N) is 2. The van der Waals surface area contributed by atoms with Crippen molar-refractivity contribution in [2.45, 2.75) is 103 Å². The fourth-order valence-corrected chi connectivity index (χ4v) is 5.89. The van der Waals surface area contributed by atoms with Crippen LogP contribution < -0.4 is 16.0 Å². The van der Waals surface area contributed by atoms with Gasteiger partial charge in [0.15, 0.2) is 5.78 Å². The lowest BCUT2D eigenvalue weighted by Gasteiger charge is -2.31. The van der Waals surface area contributed by atoms with Crippen LogP contribution in [0.3, 0.4) is 0 Å². The molecule has 2 aliphatic rings.